The van der Waals surface area contributed by atoms with Gasteiger partial charge in [-0.1, -0.05) is 6.92 Å². The highest BCUT2D eigenvalue weighted by atomic mass is 19.3. The maximum absolute atomic E-state index is 12.4. The predicted molar refractivity (Wildman–Crippen MR) is 71.4 cm³/mol. The molecule has 5 nitrogen and oxygen atoms in total. The lowest BCUT2D eigenvalue weighted by Gasteiger charge is -2.16. The van der Waals surface area contributed by atoms with Crippen LogP contribution in [0.1, 0.15) is 6.92 Å². The number of rotatable bonds is 8. The van der Waals surface area contributed by atoms with Crippen molar-refractivity contribution in [2.45, 2.75) is 20.1 Å². The molecule has 0 aliphatic heterocycles. The highest BCUT2D eigenvalue weighted by Gasteiger charge is 2.17. The summed E-state index contributed by atoms with van der Waals surface area (Å²) in [6, 6.07) is 3.12. The molecule has 0 radical (unpaired) electrons. The van der Waals surface area contributed by atoms with Crippen LogP contribution in [-0.4, -0.2) is 32.7 Å². The molecule has 0 heterocycles. The fourth-order valence-electron chi connectivity index (χ4n) is 1.63. The maximum atomic E-state index is 12.4. The van der Waals surface area contributed by atoms with E-state index < -0.39 is 30.8 Å². The van der Waals surface area contributed by atoms with Gasteiger partial charge < -0.3 is 20.1 Å². The number of halogens is 4. The van der Waals surface area contributed by atoms with Crippen molar-refractivity contribution in [1.82, 2.24) is 5.32 Å². The van der Waals surface area contributed by atoms with Gasteiger partial charge in [-0.2, -0.15) is 17.6 Å². The SMILES string of the molecule is CNCC(C)C(=O)Nc1ccc(OC(F)F)cc1OC(F)F. The molecule has 0 bridgehead atoms. The summed E-state index contributed by atoms with van der Waals surface area (Å²) in [5.74, 6) is -1.68. The second-order valence-corrected chi connectivity index (χ2v) is 4.36. The molecule has 0 saturated carbocycles. The van der Waals surface area contributed by atoms with Crippen molar-refractivity contribution in [2.24, 2.45) is 5.92 Å². The Morgan fingerprint density at radius 1 is 1.18 bits per heavy atom. The molecule has 0 aliphatic carbocycles. The van der Waals surface area contributed by atoms with E-state index in [0.717, 1.165) is 18.2 Å². The van der Waals surface area contributed by atoms with E-state index in [1.165, 1.54) is 0 Å². The van der Waals surface area contributed by atoms with Crippen molar-refractivity contribution in [2.75, 3.05) is 18.9 Å². The van der Waals surface area contributed by atoms with E-state index in [2.05, 4.69) is 20.1 Å². The normalized spacial score (nSPS) is 12.4. The summed E-state index contributed by atoms with van der Waals surface area (Å²) >= 11 is 0. The quantitative estimate of drug-likeness (QED) is 0.722. The molecule has 1 aromatic carbocycles. The van der Waals surface area contributed by atoms with Crippen LogP contribution >= 0.6 is 0 Å². The lowest BCUT2D eigenvalue weighted by molar-refractivity contribution is -0.119. The Hall–Kier alpha value is -2.03. The molecule has 0 aliphatic rings. The summed E-state index contributed by atoms with van der Waals surface area (Å²) in [6.45, 7) is -4.26. The topological polar surface area (TPSA) is 59.6 Å². The van der Waals surface area contributed by atoms with Crippen LogP contribution in [-0.2, 0) is 4.79 Å². The first kappa shape index (κ1) is 18.0. The van der Waals surface area contributed by atoms with Gasteiger partial charge in [0.2, 0.25) is 5.91 Å². The van der Waals surface area contributed by atoms with Crippen LogP contribution in [0.5, 0.6) is 11.5 Å². The number of amides is 1. The Bertz CT molecular complexity index is 500. The molecule has 1 atom stereocenters. The van der Waals surface area contributed by atoms with Crippen LogP contribution < -0.4 is 20.1 Å². The molecule has 0 saturated heterocycles. The fraction of sp³-hybridized carbons (Fsp3) is 0.462. The first-order valence-electron chi connectivity index (χ1n) is 6.32. The first-order chi connectivity index (χ1) is 10.3. The minimum atomic E-state index is -3.17. The summed E-state index contributed by atoms with van der Waals surface area (Å²) in [4.78, 5) is 11.9. The summed E-state index contributed by atoms with van der Waals surface area (Å²) in [7, 11) is 1.66. The number of alkyl halides is 4. The molecule has 9 heteroatoms. The van der Waals surface area contributed by atoms with Gasteiger partial charge in [-0.25, -0.2) is 0 Å². The van der Waals surface area contributed by atoms with Crippen molar-refractivity contribution in [1.29, 1.82) is 0 Å². The van der Waals surface area contributed by atoms with Gasteiger partial charge in [0.15, 0.2) is 5.75 Å². The van der Waals surface area contributed by atoms with Crippen LogP contribution in [0.3, 0.4) is 0 Å². The van der Waals surface area contributed by atoms with E-state index in [1.807, 2.05) is 0 Å². The zero-order chi connectivity index (χ0) is 16.7. The Kier molecular flexibility index (Phi) is 6.90. The molecule has 1 rings (SSSR count). The molecule has 1 unspecified atom stereocenters. The molecule has 2 N–H and O–H groups in total. The largest absolute Gasteiger partial charge is 0.435 e. The number of ether oxygens (including phenoxy) is 2. The third-order valence-corrected chi connectivity index (χ3v) is 2.61. The number of nitrogens with one attached hydrogen (secondary N) is 2. The summed E-state index contributed by atoms with van der Waals surface area (Å²) in [6.07, 6.45) is 0. The average molecular weight is 324 g/mol. The lowest BCUT2D eigenvalue weighted by atomic mass is 10.1. The molecule has 0 fully saturated rings. The van der Waals surface area contributed by atoms with Crippen molar-refractivity contribution in [3.8, 4) is 11.5 Å². The van der Waals surface area contributed by atoms with Gasteiger partial charge in [-0.3, -0.25) is 4.79 Å². The summed E-state index contributed by atoms with van der Waals surface area (Å²) < 4.78 is 57.3. The Morgan fingerprint density at radius 3 is 2.36 bits per heavy atom. The molecule has 124 valence electrons. The Labute approximate surface area is 124 Å². The van der Waals surface area contributed by atoms with Gasteiger partial charge in [0, 0.05) is 18.5 Å². The smallest absolute Gasteiger partial charge is 0.387 e. The van der Waals surface area contributed by atoms with Gasteiger partial charge in [0.25, 0.3) is 0 Å². The van der Waals surface area contributed by atoms with Crippen molar-refractivity contribution < 1.29 is 31.8 Å². The van der Waals surface area contributed by atoms with Crippen LogP contribution in [0.2, 0.25) is 0 Å². The van der Waals surface area contributed by atoms with E-state index in [4.69, 9.17) is 0 Å². The van der Waals surface area contributed by atoms with Crippen LogP contribution in [0.25, 0.3) is 0 Å². The first-order valence-corrected chi connectivity index (χ1v) is 6.32. The third-order valence-electron chi connectivity index (χ3n) is 2.61. The third kappa shape index (κ3) is 5.76. The number of carbonyl (C=O) groups is 1. The van der Waals surface area contributed by atoms with Gasteiger partial charge in [0.1, 0.15) is 5.75 Å². The summed E-state index contributed by atoms with van der Waals surface area (Å²) in [5, 5.41) is 5.20. The average Bonchev–Trinajstić information content (AvgIpc) is 2.40. The van der Waals surface area contributed by atoms with Gasteiger partial charge >= 0.3 is 13.2 Å². The number of carbonyl (C=O) groups excluding carboxylic acids is 1. The fourth-order valence-corrected chi connectivity index (χ4v) is 1.63. The lowest BCUT2D eigenvalue weighted by Crippen LogP contribution is -2.28. The standard InChI is InChI=1S/C13H16F4N2O3/c1-7(6-18-2)11(20)19-9-4-3-8(21-12(14)15)5-10(9)22-13(16)17/h3-5,7,12-13,18H,6H2,1-2H3,(H,19,20). The van der Waals surface area contributed by atoms with Crippen LogP contribution in [0, 0.1) is 5.92 Å². The minimum absolute atomic E-state index is 0.0603. The number of hydrogen-bond acceptors (Lipinski definition) is 4. The highest BCUT2D eigenvalue weighted by Crippen LogP contribution is 2.31. The van der Waals surface area contributed by atoms with Crippen LogP contribution in [0.15, 0.2) is 18.2 Å². The highest BCUT2D eigenvalue weighted by molar-refractivity contribution is 5.94. The van der Waals surface area contributed by atoms with E-state index in [9.17, 15) is 22.4 Å². The monoisotopic (exact) mass is 324 g/mol. The molecular formula is C13H16F4N2O3. The van der Waals surface area contributed by atoms with E-state index in [1.54, 1.807) is 14.0 Å². The molecule has 22 heavy (non-hydrogen) atoms. The minimum Gasteiger partial charge on any atom is -0.435 e. The van der Waals surface area contributed by atoms with Gasteiger partial charge in [-0.05, 0) is 19.2 Å². The molecule has 1 aromatic rings. The number of anilines is 1. The van der Waals surface area contributed by atoms with Gasteiger partial charge in [0.05, 0.1) is 5.69 Å². The van der Waals surface area contributed by atoms with E-state index >= 15 is 0 Å². The molecule has 1 amide bonds. The van der Waals surface area contributed by atoms with Crippen LogP contribution in [0.4, 0.5) is 23.2 Å². The molecular weight excluding hydrogens is 308 g/mol. The summed E-state index contributed by atoms with van der Waals surface area (Å²) in [5.41, 5.74) is -0.0603. The second kappa shape index (κ2) is 8.42. The Balaban J connectivity index is 2.94. The van der Waals surface area contributed by atoms with Crippen molar-refractivity contribution in [3.05, 3.63) is 18.2 Å². The van der Waals surface area contributed by atoms with Gasteiger partial charge in [-0.15, -0.1) is 0 Å². The van der Waals surface area contributed by atoms with Crippen molar-refractivity contribution >= 4 is 11.6 Å². The predicted octanol–water partition coefficient (Wildman–Crippen LogP) is 2.68. The second-order valence-electron chi connectivity index (χ2n) is 4.36. The van der Waals surface area contributed by atoms with E-state index in [0.29, 0.717) is 6.54 Å². The molecule has 0 aromatic heterocycles. The number of benzene rings is 1. The maximum Gasteiger partial charge on any atom is 0.387 e. The zero-order valence-corrected chi connectivity index (χ0v) is 11.9. The number of hydrogen-bond donors (Lipinski definition) is 2. The Morgan fingerprint density at radius 2 is 1.82 bits per heavy atom. The van der Waals surface area contributed by atoms with Crippen molar-refractivity contribution in [3.63, 3.8) is 0 Å². The van der Waals surface area contributed by atoms with E-state index in [-0.39, 0.29) is 11.4 Å². The molecule has 0 spiro atoms. The zero-order valence-electron chi connectivity index (χ0n) is 11.9.